The molecule has 1 fully saturated rings. The smallest absolute Gasteiger partial charge is 0.295 e. The first-order chi connectivity index (χ1) is 14.0. The molecule has 1 aliphatic rings. The Morgan fingerprint density at radius 3 is 2.24 bits per heavy atom. The van der Waals surface area contributed by atoms with E-state index >= 15 is 0 Å². The van der Waals surface area contributed by atoms with Gasteiger partial charge in [-0.05, 0) is 31.1 Å². The molecule has 152 valence electrons. The Bertz CT molecular complexity index is 917. The fourth-order valence-corrected chi connectivity index (χ4v) is 3.87. The number of hydrogen-bond acceptors (Lipinski definition) is 4. The van der Waals surface area contributed by atoms with Gasteiger partial charge in [0.15, 0.2) is 0 Å². The van der Waals surface area contributed by atoms with Crippen molar-refractivity contribution in [3.63, 3.8) is 0 Å². The minimum Gasteiger partial charge on any atom is -0.507 e. The Labute approximate surface area is 172 Å². The molecule has 1 atom stereocenters. The molecule has 5 heteroatoms. The third kappa shape index (κ3) is 4.10. The number of amides is 1. The molecular formula is C24H28N2O3. The van der Waals surface area contributed by atoms with E-state index < -0.39 is 17.7 Å². The minimum absolute atomic E-state index is 0.123. The molecule has 1 heterocycles. The van der Waals surface area contributed by atoms with Gasteiger partial charge in [0.1, 0.15) is 5.76 Å². The van der Waals surface area contributed by atoms with Gasteiger partial charge < -0.3 is 14.9 Å². The number of aliphatic hydroxyl groups is 1. The van der Waals surface area contributed by atoms with Crippen molar-refractivity contribution in [2.24, 2.45) is 0 Å². The number of likely N-dealkylation sites (N-methyl/N-ethyl adjacent to an activating group) is 1. The molecule has 1 N–H and O–H groups in total. The number of aliphatic hydroxyl groups excluding tert-OH is 1. The van der Waals surface area contributed by atoms with Crippen molar-refractivity contribution in [3.05, 3.63) is 76.9 Å². The largest absolute Gasteiger partial charge is 0.507 e. The lowest BCUT2D eigenvalue weighted by atomic mass is 9.92. The average molecular weight is 392 g/mol. The summed E-state index contributed by atoms with van der Waals surface area (Å²) in [6.45, 7) is 8.96. The van der Waals surface area contributed by atoms with Crippen LogP contribution in [-0.2, 0) is 9.59 Å². The summed E-state index contributed by atoms with van der Waals surface area (Å²) in [5.41, 5.74) is 2.54. The molecule has 1 saturated heterocycles. The number of nitrogens with zero attached hydrogens (tertiary/aromatic N) is 2. The van der Waals surface area contributed by atoms with Gasteiger partial charge >= 0.3 is 0 Å². The molecule has 0 bridgehead atoms. The van der Waals surface area contributed by atoms with Crippen LogP contribution in [0.1, 0.15) is 36.6 Å². The minimum atomic E-state index is -0.626. The van der Waals surface area contributed by atoms with E-state index in [2.05, 4.69) is 18.7 Å². The van der Waals surface area contributed by atoms with Crippen molar-refractivity contribution in [3.8, 4) is 0 Å². The van der Waals surface area contributed by atoms with Gasteiger partial charge in [-0.25, -0.2) is 0 Å². The van der Waals surface area contributed by atoms with E-state index in [9.17, 15) is 14.7 Å². The summed E-state index contributed by atoms with van der Waals surface area (Å²) >= 11 is 0. The lowest BCUT2D eigenvalue weighted by Gasteiger charge is -2.29. The third-order valence-corrected chi connectivity index (χ3v) is 5.62. The van der Waals surface area contributed by atoms with Crippen LogP contribution in [0.2, 0.25) is 0 Å². The predicted molar refractivity (Wildman–Crippen MR) is 114 cm³/mol. The number of hydrogen-bond donors (Lipinski definition) is 1. The molecule has 2 aromatic rings. The number of benzene rings is 2. The quantitative estimate of drug-likeness (QED) is 0.443. The van der Waals surface area contributed by atoms with Gasteiger partial charge in [0.25, 0.3) is 11.7 Å². The number of likely N-dealkylation sites (tertiary alicyclic amines) is 1. The van der Waals surface area contributed by atoms with Crippen LogP contribution in [0.3, 0.4) is 0 Å². The summed E-state index contributed by atoms with van der Waals surface area (Å²) in [6.07, 6.45) is 0. The summed E-state index contributed by atoms with van der Waals surface area (Å²) in [5.74, 6) is -1.30. The van der Waals surface area contributed by atoms with E-state index in [1.165, 1.54) is 0 Å². The zero-order valence-corrected chi connectivity index (χ0v) is 17.3. The van der Waals surface area contributed by atoms with Crippen LogP contribution in [0.4, 0.5) is 0 Å². The number of Topliss-reactive ketones (excluding diaryl/α,β-unsaturated/α-hetero) is 1. The normalized spacial score (nSPS) is 18.6. The van der Waals surface area contributed by atoms with E-state index in [0.717, 1.165) is 24.2 Å². The van der Waals surface area contributed by atoms with Gasteiger partial charge in [0.05, 0.1) is 11.6 Å². The van der Waals surface area contributed by atoms with Crippen LogP contribution >= 0.6 is 0 Å². The maximum absolute atomic E-state index is 13.0. The van der Waals surface area contributed by atoms with Gasteiger partial charge in [-0.1, -0.05) is 68.4 Å². The highest BCUT2D eigenvalue weighted by Gasteiger charge is 2.46. The third-order valence-electron chi connectivity index (χ3n) is 5.62. The van der Waals surface area contributed by atoms with E-state index in [1.54, 1.807) is 29.2 Å². The van der Waals surface area contributed by atoms with Crippen molar-refractivity contribution < 1.29 is 14.7 Å². The van der Waals surface area contributed by atoms with E-state index in [1.807, 2.05) is 37.3 Å². The fraction of sp³-hybridized carbons (Fsp3) is 0.333. The highest BCUT2D eigenvalue weighted by atomic mass is 16.3. The van der Waals surface area contributed by atoms with Crippen LogP contribution in [-0.4, -0.2) is 52.8 Å². The van der Waals surface area contributed by atoms with Crippen molar-refractivity contribution in [2.45, 2.75) is 26.8 Å². The number of rotatable bonds is 7. The lowest BCUT2D eigenvalue weighted by Crippen LogP contribution is -2.38. The number of carbonyl (C=O) groups excluding carboxylic acids is 2. The van der Waals surface area contributed by atoms with Gasteiger partial charge in [-0.15, -0.1) is 0 Å². The number of carbonyl (C=O) groups is 2. The lowest BCUT2D eigenvalue weighted by molar-refractivity contribution is -0.140. The Hall–Kier alpha value is -2.92. The first-order valence-corrected chi connectivity index (χ1v) is 10.1. The van der Waals surface area contributed by atoms with Crippen molar-refractivity contribution in [2.75, 3.05) is 26.2 Å². The van der Waals surface area contributed by atoms with Crippen molar-refractivity contribution in [1.29, 1.82) is 0 Å². The van der Waals surface area contributed by atoms with Crippen LogP contribution in [0.15, 0.2) is 60.2 Å². The van der Waals surface area contributed by atoms with Gasteiger partial charge in [-0.2, -0.15) is 0 Å². The van der Waals surface area contributed by atoms with E-state index in [4.69, 9.17) is 0 Å². The van der Waals surface area contributed by atoms with Crippen LogP contribution in [0.5, 0.6) is 0 Å². The maximum atomic E-state index is 13.0. The monoisotopic (exact) mass is 392 g/mol. The molecule has 0 aromatic heterocycles. The Morgan fingerprint density at radius 1 is 1.00 bits per heavy atom. The highest BCUT2D eigenvalue weighted by Crippen LogP contribution is 2.40. The zero-order valence-electron chi connectivity index (χ0n) is 17.3. The first-order valence-electron chi connectivity index (χ1n) is 10.1. The zero-order chi connectivity index (χ0) is 21.0. The van der Waals surface area contributed by atoms with Gasteiger partial charge in [0, 0.05) is 18.7 Å². The average Bonchev–Trinajstić information content (AvgIpc) is 2.99. The van der Waals surface area contributed by atoms with Crippen molar-refractivity contribution >= 4 is 17.4 Å². The summed E-state index contributed by atoms with van der Waals surface area (Å²) in [4.78, 5) is 29.8. The molecule has 1 unspecified atom stereocenters. The molecule has 1 aliphatic heterocycles. The maximum Gasteiger partial charge on any atom is 0.295 e. The molecule has 2 aromatic carbocycles. The molecule has 29 heavy (non-hydrogen) atoms. The molecule has 0 spiro atoms. The van der Waals surface area contributed by atoms with Crippen LogP contribution in [0.25, 0.3) is 5.76 Å². The summed E-state index contributed by atoms with van der Waals surface area (Å²) in [7, 11) is 0. The fourth-order valence-electron chi connectivity index (χ4n) is 3.87. The van der Waals surface area contributed by atoms with E-state index in [-0.39, 0.29) is 11.3 Å². The van der Waals surface area contributed by atoms with Gasteiger partial charge in [0.2, 0.25) is 0 Å². The first kappa shape index (κ1) is 20.8. The molecule has 3 rings (SSSR count). The number of aryl methyl sites for hydroxylation is 1. The Morgan fingerprint density at radius 2 is 1.62 bits per heavy atom. The van der Waals surface area contributed by atoms with Crippen molar-refractivity contribution in [1.82, 2.24) is 9.80 Å². The highest BCUT2D eigenvalue weighted by molar-refractivity contribution is 6.46. The topological polar surface area (TPSA) is 60.9 Å². The standard InChI is InChI=1S/C24H28N2O3/c1-4-25(5-2)15-16-26-21(19-14-10-9-11-17(19)3)20(23(28)24(26)29)22(27)18-12-7-6-8-13-18/h6-14,21,27H,4-5,15-16H2,1-3H3/b22-20-. The predicted octanol–water partition coefficient (Wildman–Crippen LogP) is 3.76. The van der Waals surface area contributed by atoms with E-state index in [0.29, 0.717) is 18.7 Å². The summed E-state index contributed by atoms with van der Waals surface area (Å²) in [6, 6.07) is 16.1. The van der Waals surface area contributed by atoms with Crippen LogP contribution in [0, 0.1) is 6.92 Å². The Kier molecular flexibility index (Phi) is 6.49. The van der Waals surface area contributed by atoms with Crippen LogP contribution < -0.4 is 0 Å². The SMILES string of the molecule is CCN(CC)CCN1C(=O)C(=O)/C(=C(\O)c2ccccc2)C1c1ccccc1C. The molecule has 0 saturated carbocycles. The second kappa shape index (κ2) is 9.05. The molecule has 0 radical (unpaired) electrons. The molecular weight excluding hydrogens is 364 g/mol. The Balaban J connectivity index is 2.11. The molecule has 5 nitrogen and oxygen atoms in total. The molecule has 0 aliphatic carbocycles. The second-order valence-electron chi connectivity index (χ2n) is 7.24. The second-order valence-corrected chi connectivity index (χ2v) is 7.24. The molecule has 1 amide bonds. The van der Waals surface area contributed by atoms with Gasteiger partial charge in [-0.3, -0.25) is 9.59 Å². The summed E-state index contributed by atoms with van der Waals surface area (Å²) < 4.78 is 0. The number of ketones is 1. The summed E-state index contributed by atoms with van der Waals surface area (Å²) in [5, 5.41) is 11.0.